The van der Waals surface area contributed by atoms with Crippen molar-refractivity contribution in [2.24, 2.45) is 0 Å². The third-order valence-corrected chi connectivity index (χ3v) is 2.06. The van der Waals surface area contributed by atoms with E-state index < -0.39 is 0 Å². The van der Waals surface area contributed by atoms with E-state index in [2.05, 4.69) is 11.7 Å². The van der Waals surface area contributed by atoms with E-state index in [0.717, 1.165) is 12.8 Å². The minimum Gasteiger partial charge on any atom is -0.461 e. The molecule has 0 saturated carbocycles. The zero-order valence-electron chi connectivity index (χ0n) is 9.54. The highest BCUT2D eigenvalue weighted by atomic mass is 16.6. The van der Waals surface area contributed by atoms with Crippen LogP contribution in [0.25, 0.3) is 0 Å². The van der Waals surface area contributed by atoms with Gasteiger partial charge in [-0.1, -0.05) is 26.2 Å². The third kappa shape index (κ3) is 8.05. The summed E-state index contributed by atoms with van der Waals surface area (Å²) in [7, 11) is 1.49. The highest BCUT2D eigenvalue weighted by molar-refractivity contribution is 5.70. The summed E-state index contributed by atoms with van der Waals surface area (Å²) in [5.74, 6) is -0.268. The molecular weight excluding hydrogens is 180 g/mol. The highest BCUT2D eigenvalue weighted by Gasteiger charge is 2.08. The minimum absolute atomic E-state index is 0.0227. The zero-order chi connectivity index (χ0) is 10.8. The molecule has 14 heavy (non-hydrogen) atoms. The number of methoxy groups -OCH3 is 1. The summed E-state index contributed by atoms with van der Waals surface area (Å²) >= 11 is 0. The lowest BCUT2D eigenvalue weighted by Gasteiger charge is -2.12. The first-order valence-electron chi connectivity index (χ1n) is 5.39. The SMILES string of the molecule is CCCCCCC(C)OC(=O)COC. The summed E-state index contributed by atoms with van der Waals surface area (Å²) in [6.45, 7) is 4.17. The first kappa shape index (κ1) is 13.4. The van der Waals surface area contributed by atoms with Gasteiger partial charge < -0.3 is 9.47 Å². The smallest absolute Gasteiger partial charge is 0.332 e. The fourth-order valence-electron chi connectivity index (χ4n) is 1.29. The van der Waals surface area contributed by atoms with Crippen LogP contribution in [0.15, 0.2) is 0 Å². The van der Waals surface area contributed by atoms with Crippen LogP contribution < -0.4 is 0 Å². The molecule has 0 fully saturated rings. The van der Waals surface area contributed by atoms with Gasteiger partial charge in [-0.25, -0.2) is 4.79 Å². The van der Waals surface area contributed by atoms with Crippen LogP contribution in [0.2, 0.25) is 0 Å². The Labute approximate surface area is 86.8 Å². The van der Waals surface area contributed by atoms with Gasteiger partial charge in [0, 0.05) is 7.11 Å². The maximum absolute atomic E-state index is 11.0. The van der Waals surface area contributed by atoms with Crippen LogP contribution in [0.4, 0.5) is 0 Å². The zero-order valence-corrected chi connectivity index (χ0v) is 9.54. The predicted molar refractivity (Wildman–Crippen MR) is 56.2 cm³/mol. The van der Waals surface area contributed by atoms with Gasteiger partial charge in [-0.15, -0.1) is 0 Å². The molecule has 0 aromatic carbocycles. The number of carbonyl (C=O) groups is 1. The van der Waals surface area contributed by atoms with Gasteiger partial charge in [-0.2, -0.15) is 0 Å². The number of hydrogen-bond donors (Lipinski definition) is 0. The summed E-state index contributed by atoms with van der Waals surface area (Å²) < 4.78 is 9.78. The summed E-state index contributed by atoms with van der Waals surface area (Å²) in [6, 6.07) is 0. The molecule has 0 aliphatic rings. The molecule has 84 valence electrons. The van der Waals surface area contributed by atoms with Crippen molar-refractivity contribution in [3.8, 4) is 0 Å². The van der Waals surface area contributed by atoms with Crippen LogP contribution in [0.3, 0.4) is 0 Å². The molecule has 0 aliphatic carbocycles. The van der Waals surface area contributed by atoms with Gasteiger partial charge in [0.05, 0.1) is 6.10 Å². The van der Waals surface area contributed by atoms with Gasteiger partial charge in [0.15, 0.2) is 0 Å². The number of carbonyl (C=O) groups excluding carboxylic acids is 1. The second-order valence-corrected chi connectivity index (χ2v) is 3.58. The lowest BCUT2D eigenvalue weighted by atomic mass is 10.1. The van der Waals surface area contributed by atoms with E-state index in [1.807, 2.05) is 6.92 Å². The van der Waals surface area contributed by atoms with Gasteiger partial charge in [0.1, 0.15) is 6.61 Å². The van der Waals surface area contributed by atoms with Crippen molar-refractivity contribution in [3.63, 3.8) is 0 Å². The molecule has 0 spiro atoms. The van der Waals surface area contributed by atoms with Gasteiger partial charge in [0.2, 0.25) is 0 Å². The quantitative estimate of drug-likeness (QED) is 0.448. The Hall–Kier alpha value is -0.570. The van der Waals surface area contributed by atoms with Gasteiger partial charge in [0.25, 0.3) is 0 Å². The molecule has 3 nitrogen and oxygen atoms in total. The Morgan fingerprint density at radius 2 is 2.00 bits per heavy atom. The van der Waals surface area contributed by atoms with Gasteiger partial charge in [-0.05, 0) is 19.8 Å². The lowest BCUT2D eigenvalue weighted by Crippen LogP contribution is -2.18. The Balaban J connectivity index is 3.35. The van der Waals surface area contributed by atoms with Crippen molar-refractivity contribution in [2.45, 2.75) is 52.1 Å². The van der Waals surface area contributed by atoms with Crippen molar-refractivity contribution in [1.29, 1.82) is 0 Å². The molecule has 0 radical (unpaired) electrons. The van der Waals surface area contributed by atoms with Crippen molar-refractivity contribution < 1.29 is 14.3 Å². The summed E-state index contributed by atoms with van der Waals surface area (Å²) in [4.78, 5) is 11.0. The number of ether oxygens (including phenoxy) is 2. The molecule has 0 amide bonds. The molecule has 0 aromatic rings. The minimum atomic E-state index is -0.268. The largest absolute Gasteiger partial charge is 0.461 e. The van der Waals surface area contributed by atoms with Crippen molar-refractivity contribution >= 4 is 5.97 Å². The summed E-state index contributed by atoms with van der Waals surface area (Å²) in [5, 5.41) is 0. The summed E-state index contributed by atoms with van der Waals surface area (Å²) in [5.41, 5.74) is 0. The Morgan fingerprint density at radius 1 is 1.29 bits per heavy atom. The van der Waals surface area contributed by atoms with Crippen molar-refractivity contribution in [1.82, 2.24) is 0 Å². The molecule has 0 N–H and O–H groups in total. The number of rotatable bonds is 8. The van der Waals surface area contributed by atoms with E-state index in [9.17, 15) is 4.79 Å². The van der Waals surface area contributed by atoms with E-state index in [0.29, 0.717) is 0 Å². The molecule has 0 aromatic heterocycles. The second kappa shape index (κ2) is 9.00. The molecular formula is C11H22O3. The first-order chi connectivity index (χ1) is 6.70. The highest BCUT2D eigenvalue weighted by Crippen LogP contribution is 2.07. The van der Waals surface area contributed by atoms with Crippen LogP contribution >= 0.6 is 0 Å². The van der Waals surface area contributed by atoms with Crippen LogP contribution in [0.1, 0.15) is 46.0 Å². The standard InChI is InChI=1S/C11H22O3/c1-4-5-6-7-8-10(2)14-11(12)9-13-3/h10H,4-9H2,1-3H3. The predicted octanol–water partition coefficient (Wildman–Crippen LogP) is 2.53. The van der Waals surface area contributed by atoms with E-state index in [-0.39, 0.29) is 18.7 Å². The Kier molecular flexibility index (Phi) is 8.64. The van der Waals surface area contributed by atoms with E-state index in [1.54, 1.807) is 0 Å². The molecule has 0 rings (SSSR count). The van der Waals surface area contributed by atoms with Crippen LogP contribution in [-0.2, 0) is 14.3 Å². The topological polar surface area (TPSA) is 35.5 Å². The van der Waals surface area contributed by atoms with Crippen molar-refractivity contribution in [2.75, 3.05) is 13.7 Å². The molecule has 0 bridgehead atoms. The molecule has 0 aliphatic heterocycles. The normalized spacial score (nSPS) is 12.5. The molecule has 0 saturated heterocycles. The Bertz CT molecular complexity index is 145. The number of hydrogen-bond acceptors (Lipinski definition) is 3. The maximum atomic E-state index is 11.0. The molecule has 1 unspecified atom stereocenters. The molecule has 1 atom stereocenters. The average Bonchev–Trinajstić information content (AvgIpc) is 2.13. The number of unbranched alkanes of at least 4 members (excludes halogenated alkanes) is 3. The lowest BCUT2D eigenvalue weighted by molar-refractivity contribution is -0.152. The van der Waals surface area contributed by atoms with Crippen LogP contribution in [-0.4, -0.2) is 25.8 Å². The van der Waals surface area contributed by atoms with Gasteiger partial charge >= 0.3 is 5.97 Å². The second-order valence-electron chi connectivity index (χ2n) is 3.58. The Morgan fingerprint density at radius 3 is 2.57 bits per heavy atom. The fraction of sp³-hybridized carbons (Fsp3) is 0.909. The van der Waals surface area contributed by atoms with Crippen LogP contribution in [0.5, 0.6) is 0 Å². The molecule has 0 heterocycles. The average molecular weight is 202 g/mol. The monoisotopic (exact) mass is 202 g/mol. The van der Waals surface area contributed by atoms with E-state index in [4.69, 9.17) is 4.74 Å². The summed E-state index contributed by atoms with van der Waals surface area (Å²) in [6.07, 6.45) is 5.83. The van der Waals surface area contributed by atoms with Gasteiger partial charge in [-0.3, -0.25) is 0 Å². The van der Waals surface area contributed by atoms with E-state index in [1.165, 1.54) is 26.4 Å². The molecule has 3 heteroatoms. The van der Waals surface area contributed by atoms with Crippen LogP contribution in [0, 0.1) is 0 Å². The van der Waals surface area contributed by atoms with Crippen molar-refractivity contribution in [3.05, 3.63) is 0 Å². The maximum Gasteiger partial charge on any atom is 0.332 e. The third-order valence-electron chi connectivity index (χ3n) is 2.06. The first-order valence-corrected chi connectivity index (χ1v) is 5.39. The van der Waals surface area contributed by atoms with E-state index >= 15 is 0 Å². The number of esters is 1. The fourth-order valence-corrected chi connectivity index (χ4v) is 1.29.